The van der Waals surface area contributed by atoms with E-state index in [1.54, 1.807) is 42.2 Å². The number of benzene rings is 2. The lowest BCUT2D eigenvalue weighted by Gasteiger charge is -2.50. The third-order valence-corrected chi connectivity index (χ3v) is 6.74. The van der Waals surface area contributed by atoms with Gasteiger partial charge in [-0.05, 0) is 25.0 Å². The first-order valence-corrected chi connectivity index (χ1v) is 11.7. The van der Waals surface area contributed by atoms with Crippen molar-refractivity contribution in [2.75, 3.05) is 14.2 Å². The fourth-order valence-corrected chi connectivity index (χ4v) is 4.91. The summed E-state index contributed by atoms with van der Waals surface area (Å²) in [4.78, 5) is 55.8. The first-order valence-electron chi connectivity index (χ1n) is 11.7. The van der Waals surface area contributed by atoms with Crippen molar-refractivity contribution in [3.05, 3.63) is 94.5 Å². The molecule has 4 rings (SSSR count). The van der Waals surface area contributed by atoms with Crippen LogP contribution in [0.25, 0.3) is 0 Å². The van der Waals surface area contributed by atoms with Crippen LogP contribution in [0, 0.1) is 0 Å². The predicted molar refractivity (Wildman–Crippen MR) is 132 cm³/mol. The number of amides is 1. The number of hydrogen-bond acceptors (Lipinski definition) is 8. The highest BCUT2D eigenvalue weighted by Gasteiger charge is 2.58. The number of esters is 2. The van der Waals surface area contributed by atoms with E-state index in [0.29, 0.717) is 11.3 Å². The molecule has 0 bridgehead atoms. The summed E-state index contributed by atoms with van der Waals surface area (Å²) in [6.45, 7) is 3.24. The number of methoxy groups -OCH3 is 2. The Balaban J connectivity index is 2.09. The largest absolute Gasteiger partial charge is 0.466 e. The molecule has 1 amide bonds. The Morgan fingerprint density at radius 1 is 1.00 bits per heavy atom. The van der Waals surface area contributed by atoms with Crippen molar-refractivity contribution in [3.8, 4) is 0 Å². The van der Waals surface area contributed by atoms with Crippen molar-refractivity contribution in [2.24, 2.45) is 0 Å². The fraction of sp³-hybridized carbons (Fsp3) is 0.286. The molecule has 2 atom stereocenters. The summed E-state index contributed by atoms with van der Waals surface area (Å²) in [6, 6.07) is 17.0. The van der Waals surface area contributed by atoms with E-state index in [2.05, 4.69) is 0 Å². The van der Waals surface area contributed by atoms with Crippen LogP contribution in [0.2, 0.25) is 0 Å². The van der Waals surface area contributed by atoms with Crippen molar-refractivity contribution < 1.29 is 33.8 Å². The summed E-state index contributed by atoms with van der Waals surface area (Å²) in [5, 5.41) is 11.4. The number of Topliss-reactive ketones (excluding diaryl/α,β-unsaturated/α-hetero) is 1. The molecule has 0 radical (unpaired) electrons. The van der Waals surface area contributed by atoms with E-state index in [1.807, 2.05) is 30.3 Å². The minimum Gasteiger partial charge on any atom is -0.466 e. The molecule has 0 aromatic heterocycles. The number of fused-ring (bicyclic) bond motifs is 1. The van der Waals surface area contributed by atoms with E-state index in [9.17, 15) is 24.3 Å². The van der Waals surface area contributed by atoms with E-state index in [-0.39, 0.29) is 23.5 Å². The van der Waals surface area contributed by atoms with E-state index in [1.165, 1.54) is 14.0 Å². The number of carbonyl (C=O) groups excluding carboxylic acids is 4. The first-order chi connectivity index (χ1) is 17.7. The second-order valence-electron chi connectivity index (χ2n) is 8.94. The molecule has 192 valence electrons. The van der Waals surface area contributed by atoms with E-state index in [4.69, 9.17) is 9.47 Å². The van der Waals surface area contributed by atoms with Crippen LogP contribution in [0.15, 0.2) is 83.3 Å². The van der Waals surface area contributed by atoms with Crippen LogP contribution < -0.4 is 0 Å². The van der Waals surface area contributed by atoms with Crippen LogP contribution >= 0.6 is 0 Å². The number of allylic oxidation sites excluding steroid dienone is 1. The molecule has 2 aliphatic heterocycles. The van der Waals surface area contributed by atoms with E-state index in [0.717, 1.165) is 17.6 Å². The zero-order chi connectivity index (χ0) is 26.9. The van der Waals surface area contributed by atoms with Gasteiger partial charge in [-0.25, -0.2) is 9.59 Å². The number of hydrogen-bond donors (Lipinski definition) is 1. The Labute approximate surface area is 214 Å². The maximum absolute atomic E-state index is 14.0. The molecule has 0 saturated carbocycles. The molecule has 2 heterocycles. The fourth-order valence-electron chi connectivity index (χ4n) is 4.91. The summed E-state index contributed by atoms with van der Waals surface area (Å²) in [5.74, 6) is -3.11. The highest BCUT2D eigenvalue weighted by atomic mass is 16.5. The number of rotatable bonds is 6. The van der Waals surface area contributed by atoms with Gasteiger partial charge in [0.15, 0.2) is 5.78 Å². The lowest BCUT2D eigenvalue weighted by molar-refractivity contribution is -0.177. The molecule has 2 aliphatic rings. The Hall–Kier alpha value is -4.24. The molecule has 1 N–H and O–H groups in total. The van der Waals surface area contributed by atoms with Gasteiger partial charge >= 0.3 is 11.9 Å². The summed E-state index contributed by atoms with van der Waals surface area (Å²) < 4.78 is 9.89. The molecule has 2 aromatic carbocycles. The van der Waals surface area contributed by atoms with Crippen LogP contribution in [-0.4, -0.2) is 58.4 Å². The average molecular weight is 505 g/mol. The molecular formula is C28H28N2O7. The topological polar surface area (TPSA) is 113 Å². The first kappa shape index (κ1) is 25.8. The lowest BCUT2D eigenvalue weighted by Crippen LogP contribution is -2.62. The number of carbonyl (C=O) groups is 4. The average Bonchev–Trinajstić information content (AvgIpc) is 2.91. The Morgan fingerprint density at radius 3 is 2.14 bits per heavy atom. The van der Waals surface area contributed by atoms with Gasteiger partial charge in [0.2, 0.25) is 5.60 Å². The maximum Gasteiger partial charge on any atom is 0.348 e. The van der Waals surface area contributed by atoms with Crippen molar-refractivity contribution in [2.45, 2.75) is 38.5 Å². The zero-order valence-electron chi connectivity index (χ0n) is 21.1. The van der Waals surface area contributed by atoms with Gasteiger partial charge in [-0.15, -0.1) is 0 Å². The Bertz CT molecular complexity index is 1320. The molecule has 1 unspecified atom stereocenters. The molecule has 0 aliphatic carbocycles. The smallest absolute Gasteiger partial charge is 0.348 e. The second-order valence-corrected chi connectivity index (χ2v) is 8.94. The van der Waals surface area contributed by atoms with Crippen LogP contribution in [0.1, 0.15) is 37.4 Å². The second kappa shape index (κ2) is 10.0. The van der Waals surface area contributed by atoms with Gasteiger partial charge in [-0.3, -0.25) is 14.5 Å². The normalized spacial score (nSPS) is 21.5. The zero-order valence-corrected chi connectivity index (χ0v) is 21.1. The SMILES string of the molecule is COC(=O)C1=C(C)N(Cc2ccccc2)C2=C(C(C)=O)C[C@@](O)(C(=O)OC)C(=O)N2C1c1ccccc1. The van der Waals surface area contributed by atoms with Crippen LogP contribution in [0.5, 0.6) is 0 Å². The highest BCUT2D eigenvalue weighted by Crippen LogP contribution is 2.48. The summed E-state index contributed by atoms with van der Waals surface area (Å²) in [6.07, 6.45) is -0.562. The van der Waals surface area contributed by atoms with Gasteiger partial charge in [0, 0.05) is 24.2 Å². The summed E-state index contributed by atoms with van der Waals surface area (Å²) in [5.41, 5.74) is -0.598. The molecular weight excluding hydrogens is 476 g/mol. The third-order valence-electron chi connectivity index (χ3n) is 6.74. The predicted octanol–water partition coefficient (Wildman–Crippen LogP) is 2.63. The standard InChI is InChI=1S/C28H28N2O7/c1-17-22(25(32)36-3)23(20-13-9-6-10-14-20)30-24(29(17)16-19-11-7-5-8-12-19)21(18(2)31)15-28(35,26(30)33)27(34)37-4/h5-14,23,35H,15-16H2,1-4H3/t23?,28-/m0/s1. The number of ketones is 1. The minimum atomic E-state index is -2.66. The quantitative estimate of drug-likeness (QED) is 0.472. The third kappa shape index (κ3) is 4.31. The van der Waals surface area contributed by atoms with Crippen molar-refractivity contribution in [3.63, 3.8) is 0 Å². The molecule has 0 fully saturated rings. The summed E-state index contributed by atoms with van der Waals surface area (Å²) >= 11 is 0. The van der Waals surface area contributed by atoms with Crippen molar-refractivity contribution in [1.82, 2.24) is 9.80 Å². The molecule has 2 aromatic rings. The Kier molecular flexibility index (Phi) is 7.00. The molecule has 0 spiro atoms. The van der Waals surface area contributed by atoms with Gasteiger partial charge in [0.1, 0.15) is 5.82 Å². The van der Waals surface area contributed by atoms with Gasteiger partial charge in [-0.1, -0.05) is 60.7 Å². The van der Waals surface area contributed by atoms with Crippen molar-refractivity contribution in [1.29, 1.82) is 0 Å². The maximum atomic E-state index is 14.0. The monoisotopic (exact) mass is 504 g/mol. The lowest BCUT2D eigenvalue weighted by atomic mass is 9.82. The molecule has 9 heteroatoms. The number of aliphatic hydroxyl groups is 1. The van der Waals surface area contributed by atoms with Crippen LogP contribution in [0.4, 0.5) is 0 Å². The molecule has 37 heavy (non-hydrogen) atoms. The van der Waals surface area contributed by atoms with Crippen LogP contribution in [-0.2, 0) is 35.2 Å². The minimum absolute atomic E-state index is 0.0626. The highest BCUT2D eigenvalue weighted by molar-refractivity contribution is 6.11. The Morgan fingerprint density at radius 2 is 1.59 bits per heavy atom. The van der Waals surface area contributed by atoms with E-state index >= 15 is 0 Å². The molecule has 9 nitrogen and oxygen atoms in total. The van der Waals surface area contributed by atoms with Crippen molar-refractivity contribution >= 4 is 23.6 Å². The van der Waals surface area contributed by atoms with E-state index < -0.39 is 41.7 Å². The van der Waals surface area contributed by atoms with Gasteiger partial charge in [0.05, 0.1) is 25.8 Å². The number of ether oxygens (including phenoxy) is 2. The van der Waals surface area contributed by atoms with Gasteiger partial charge in [-0.2, -0.15) is 0 Å². The van der Waals surface area contributed by atoms with Crippen LogP contribution in [0.3, 0.4) is 0 Å². The number of nitrogens with zero attached hydrogens (tertiary/aromatic N) is 2. The molecule has 0 saturated heterocycles. The van der Waals surface area contributed by atoms with Gasteiger partial charge in [0.25, 0.3) is 5.91 Å². The van der Waals surface area contributed by atoms with Gasteiger partial charge < -0.3 is 19.5 Å². The summed E-state index contributed by atoms with van der Waals surface area (Å²) in [7, 11) is 2.29.